The van der Waals surface area contributed by atoms with Crippen molar-refractivity contribution in [3.8, 4) is 0 Å². The zero-order valence-corrected chi connectivity index (χ0v) is 24.1. The fourth-order valence-electron chi connectivity index (χ4n) is 4.05. The van der Waals surface area contributed by atoms with Gasteiger partial charge in [-0.15, -0.1) is 0 Å². The summed E-state index contributed by atoms with van der Waals surface area (Å²) in [4.78, 5) is 13.6. The van der Waals surface area contributed by atoms with E-state index in [4.69, 9.17) is 0 Å². The Morgan fingerprint density at radius 3 is 1.88 bits per heavy atom. The number of aliphatic hydroxyl groups excluding tert-OH is 2. The lowest BCUT2D eigenvalue weighted by molar-refractivity contribution is 0.280. The van der Waals surface area contributed by atoms with Gasteiger partial charge in [-0.25, -0.2) is 0 Å². The van der Waals surface area contributed by atoms with Gasteiger partial charge < -0.3 is 25.7 Å². The highest BCUT2D eigenvalue weighted by Crippen LogP contribution is 2.30. The predicted octanol–water partition coefficient (Wildman–Crippen LogP) is 2.81. The van der Waals surface area contributed by atoms with Crippen LogP contribution in [0.4, 0.5) is 29.2 Å². The van der Waals surface area contributed by atoms with Crippen LogP contribution in [0.25, 0.3) is 12.2 Å². The highest BCUT2D eigenvalue weighted by molar-refractivity contribution is 7.86. The average molecular weight is 629 g/mol. The van der Waals surface area contributed by atoms with Gasteiger partial charge in [0.25, 0.3) is 20.2 Å². The lowest BCUT2D eigenvalue weighted by Crippen LogP contribution is -2.31. The number of nitrogens with one attached hydrogen (secondary N) is 2. The molecule has 0 saturated heterocycles. The molecule has 16 heteroatoms. The van der Waals surface area contributed by atoms with Gasteiger partial charge in [-0.1, -0.05) is 60.7 Å². The Bertz CT molecular complexity index is 1810. The number of hydrogen-bond donors (Lipinski definition) is 6. The van der Waals surface area contributed by atoms with Crippen LogP contribution in [0, 0.1) is 0 Å². The van der Waals surface area contributed by atoms with Crippen LogP contribution in [0.5, 0.6) is 0 Å². The van der Waals surface area contributed by atoms with E-state index >= 15 is 0 Å². The Balaban J connectivity index is 1.79. The summed E-state index contributed by atoms with van der Waals surface area (Å²) < 4.78 is 68.4. The maximum atomic E-state index is 12.6. The van der Waals surface area contributed by atoms with Crippen molar-refractivity contribution in [3.05, 3.63) is 83.9 Å². The fourth-order valence-corrected chi connectivity index (χ4v) is 5.56. The molecule has 0 radical (unpaired) electrons. The molecule has 6 N–H and O–H groups in total. The normalized spacial score (nSPS) is 11.9. The van der Waals surface area contributed by atoms with Crippen molar-refractivity contribution in [2.75, 3.05) is 41.8 Å². The number of aromatic nitrogens is 3. The molecule has 3 aromatic carbocycles. The number of benzene rings is 3. The van der Waals surface area contributed by atoms with E-state index < -0.39 is 25.1 Å². The van der Waals surface area contributed by atoms with E-state index in [0.717, 1.165) is 0 Å². The molecule has 43 heavy (non-hydrogen) atoms. The standard InChI is InChI=1S/C27H28N6O8S2/c34-17-15-33(16-18-35)27-31-25(28-21-9-2-1-3-10-21)30-26(32-27)29-22-11-6-8-20(24(22)43(39,40)41)14-13-19-7-4-5-12-23(19)42(36,37)38/h1-14,34-35H,15-18H2,(H,36,37,38)(H,39,40,41)(H2,28,29,30,31,32). The highest BCUT2D eigenvalue weighted by atomic mass is 32.2. The van der Waals surface area contributed by atoms with Gasteiger partial charge in [-0.2, -0.15) is 31.8 Å². The average Bonchev–Trinajstić information content (AvgIpc) is 2.95. The van der Waals surface area contributed by atoms with Crippen LogP contribution in [-0.4, -0.2) is 77.4 Å². The van der Waals surface area contributed by atoms with E-state index in [1.807, 2.05) is 6.07 Å². The minimum Gasteiger partial charge on any atom is -0.395 e. The summed E-state index contributed by atoms with van der Waals surface area (Å²) in [6.45, 7) is -0.372. The van der Waals surface area contributed by atoms with Crippen LogP contribution in [0.15, 0.2) is 82.6 Å². The summed E-state index contributed by atoms with van der Waals surface area (Å²) in [5, 5.41) is 24.8. The molecule has 4 aromatic rings. The maximum absolute atomic E-state index is 12.6. The van der Waals surface area contributed by atoms with Crippen LogP contribution in [0.2, 0.25) is 0 Å². The minimum atomic E-state index is -4.87. The molecule has 0 saturated carbocycles. The van der Waals surface area contributed by atoms with Gasteiger partial charge in [0.1, 0.15) is 9.79 Å². The number of rotatable bonds is 13. The van der Waals surface area contributed by atoms with Crippen LogP contribution >= 0.6 is 0 Å². The Hall–Kier alpha value is -4.45. The Morgan fingerprint density at radius 1 is 0.674 bits per heavy atom. The van der Waals surface area contributed by atoms with Gasteiger partial charge in [0, 0.05) is 18.8 Å². The molecule has 0 aliphatic heterocycles. The first-order valence-corrected chi connectivity index (χ1v) is 15.5. The first kappa shape index (κ1) is 31.5. The Labute approximate surface area is 247 Å². The molecular weight excluding hydrogens is 600 g/mol. The smallest absolute Gasteiger partial charge is 0.297 e. The zero-order valence-electron chi connectivity index (χ0n) is 22.4. The van der Waals surface area contributed by atoms with Crippen LogP contribution in [-0.2, 0) is 20.2 Å². The van der Waals surface area contributed by atoms with Gasteiger partial charge in [-0.05, 0) is 35.4 Å². The number of para-hydroxylation sites is 1. The molecule has 226 valence electrons. The minimum absolute atomic E-state index is 0.0169. The van der Waals surface area contributed by atoms with E-state index in [1.165, 1.54) is 59.5 Å². The van der Waals surface area contributed by atoms with E-state index in [9.17, 15) is 36.2 Å². The first-order chi connectivity index (χ1) is 20.5. The number of anilines is 5. The summed E-state index contributed by atoms with van der Waals surface area (Å²) in [5.41, 5.74) is 0.580. The first-order valence-electron chi connectivity index (χ1n) is 12.7. The monoisotopic (exact) mass is 628 g/mol. The van der Waals surface area contributed by atoms with Crippen molar-refractivity contribution in [3.63, 3.8) is 0 Å². The largest absolute Gasteiger partial charge is 0.395 e. The molecule has 0 atom stereocenters. The predicted molar refractivity (Wildman–Crippen MR) is 161 cm³/mol. The molecule has 0 spiro atoms. The number of aliphatic hydroxyl groups is 2. The van der Waals surface area contributed by atoms with Crippen molar-refractivity contribution >= 4 is 61.6 Å². The maximum Gasteiger partial charge on any atom is 0.297 e. The van der Waals surface area contributed by atoms with Crippen molar-refractivity contribution in [1.29, 1.82) is 0 Å². The van der Waals surface area contributed by atoms with E-state index in [-0.39, 0.29) is 65.9 Å². The summed E-state index contributed by atoms with van der Waals surface area (Å²) in [7, 11) is -9.44. The van der Waals surface area contributed by atoms with Gasteiger partial charge in [0.2, 0.25) is 17.8 Å². The SMILES string of the molecule is O=S(=O)(O)c1ccccc1C=Cc1cccc(Nc2nc(Nc3ccccc3)nc(N(CCO)CCO)n2)c1S(=O)(=O)O. The number of nitrogens with zero attached hydrogens (tertiary/aromatic N) is 4. The van der Waals surface area contributed by atoms with Gasteiger partial charge in [-0.3, -0.25) is 9.11 Å². The lowest BCUT2D eigenvalue weighted by Gasteiger charge is -2.22. The van der Waals surface area contributed by atoms with Crippen LogP contribution in [0.3, 0.4) is 0 Å². The highest BCUT2D eigenvalue weighted by Gasteiger charge is 2.22. The van der Waals surface area contributed by atoms with Gasteiger partial charge in [0.05, 0.1) is 18.9 Å². The topological polar surface area (TPSA) is 215 Å². The molecule has 0 aliphatic carbocycles. The molecule has 0 unspecified atom stereocenters. The third kappa shape index (κ3) is 8.31. The number of hydrogen-bond acceptors (Lipinski definition) is 12. The molecule has 0 bridgehead atoms. The molecular formula is C27H28N6O8S2. The van der Waals surface area contributed by atoms with Crippen molar-refractivity contribution in [2.24, 2.45) is 0 Å². The van der Waals surface area contributed by atoms with Crippen molar-refractivity contribution < 1.29 is 36.2 Å². The summed E-state index contributed by atoms with van der Waals surface area (Å²) in [5.74, 6) is -0.0109. The quantitative estimate of drug-likeness (QED) is 0.0928. The molecule has 0 fully saturated rings. The second-order valence-electron chi connectivity index (χ2n) is 8.88. The van der Waals surface area contributed by atoms with Crippen LogP contribution in [0.1, 0.15) is 11.1 Å². The van der Waals surface area contributed by atoms with E-state index in [2.05, 4.69) is 25.6 Å². The molecule has 4 rings (SSSR count). The summed E-state index contributed by atoms with van der Waals surface area (Å²) in [6, 6.07) is 18.7. The summed E-state index contributed by atoms with van der Waals surface area (Å²) in [6.07, 6.45) is 2.55. The van der Waals surface area contributed by atoms with Crippen molar-refractivity contribution in [1.82, 2.24) is 15.0 Å². The second-order valence-corrected chi connectivity index (χ2v) is 11.6. The fraction of sp³-hybridized carbons (Fsp3) is 0.148. The molecule has 1 heterocycles. The lowest BCUT2D eigenvalue weighted by atomic mass is 10.1. The molecule has 1 aromatic heterocycles. The summed E-state index contributed by atoms with van der Waals surface area (Å²) >= 11 is 0. The van der Waals surface area contributed by atoms with Gasteiger partial charge >= 0.3 is 0 Å². The zero-order chi connectivity index (χ0) is 31.0. The van der Waals surface area contributed by atoms with E-state index in [0.29, 0.717) is 5.69 Å². The van der Waals surface area contributed by atoms with E-state index in [1.54, 1.807) is 24.3 Å². The van der Waals surface area contributed by atoms with Crippen molar-refractivity contribution in [2.45, 2.75) is 9.79 Å². The second kappa shape index (κ2) is 13.7. The third-order valence-corrected chi connectivity index (χ3v) is 7.76. The van der Waals surface area contributed by atoms with Crippen LogP contribution < -0.4 is 15.5 Å². The Kier molecular flexibility index (Phi) is 10.0. The van der Waals surface area contributed by atoms with Gasteiger partial charge in [0.15, 0.2) is 0 Å². The molecule has 0 amide bonds. The molecule has 14 nitrogen and oxygen atoms in total. The third-order valence-electron chi connectivity index (χ3n) is 5.87. The Morgan fingerprint density at radius 2 is 1.26 bits per heavy atom. The molecule has 0 aliphatic rings.